The van der Waals surface area contributed by atoms with Crippen LogP contribution in [-0.2, 0) is 32.8 Å². The van der Waals surface area contributed by atoms with E-state index in [0.717, 1.165) is 6.26 Å². The zero-order chi connectivity index (χ0) is 29.4. The third-order valence-corrected chi connectivity index (χ3v) is 10.6. The number of hydrogen-bond donors (Lipinski definition) is 1. The summed E-state index contributed by atoms with van der Waals surface area (Å²) in [4.78, 5) is 13.6. The molecule has 0 fully saturated rings. The van der Waals surface area contributed by atoms with Gasteiger partial charge in [0.25, 0.3) is 0 Å². The van der Waals surface area contributed by atoms with Crippen molar-refractivity contribution >= 4 is 68.5 Å². The molecule has 1 N–H and O–H groups in total. The van der Waals surface area contributed by atoms with Crippen molar-refractivity contribution in [3.63, 3.8) is 0 Å². The van der Waals surface area contributed by atoms with Gasteiger partial charge in [-0.1, -0.05) is 26.0 Å². The number of sulfonamides is 1. The SMILES string of the molecule is CCCN(Cc1ccc2c(C(=O)c3cc(Br)c(O)c(Br)c3)c(CC)oc2c1)S(=O)(=O)c1ccc(S(C)(=O)=O)cc1. The molecule has 0 spiro atoms. The van der Waals surface area contributed by atoms with E-state index in [1.165, 1.54) is 28.6 Å². The van der Waals surface area contributed by atoms with E-state index in [0.29, 0.717) is 55.2 Å². The van der Waals surface area contributed by atoms with Gasteiger partial charge in [0, 0.05) is 36.7 Å². The molecular weight excluding hydrogens is 686 g/mol. The minimum Gasteiger partial charge on any atom is -0.506 e. The van der Waals surface area contributed by atoms with E-state index in [-0.39, 0.29) is 34.4 Å². The Bertz CT molecular complexity index is 1790. The van der Waals surface area contributed by atoms with Gasteiger partial charge in [0.1, 0.15) is 17.1 Å². The maximum atomic E-state index is 13.5. The molecule has 0 radical (unpaired) electrons. The molecule has 12 heteroatoms. The fourth-order valence-corrected chi connectivity index (χ4v) is 7.71. The van der Waals surface area contributed by atoms with Gasteiger partial charge < -0.3 is 9.52 Å². The minimum absolute atomic E-state index is 0.000187. The number of carbonyl (C=O) groups is 1. The minimum atomic E-state index is -3.92. The van der Waals surface area contributed by atoms with Crippen molar-refractivity contribution in [2.45, 2.75) is 43.0 Å². The van der Waals surface area contributed by atoms with Crippen LogP contribution in [0.1, 0.15) is 47.5 Å². The van der Waals surface area contributed by atoms with Crippen LogP contribution in [0.2, 0.25) is 0 Å². The monoisotopic (exact) mass is 711 g/mol. The Labute approximate surface area is 250 Å². The molecule has 4 aromatic rings. The van der Waals surface area contributed by atoms with E-state index in [1.54, 1.807) is 30.3 Å². The summed E-state index contributed by atoms with van der Waals surface area (Å²) in [6, 6.07) is 13.5. The van der Waals surface area contributed by atoms with Crippen LogP contribution < -0.4 is 0 Å². The Morgan fingerprint density at radius 1 is 0.925 bits per heavy atom. The lowest BCUT2D eigenvalue weighted by atomic mass is 9.98. The summed E-state index contributed by atoms with van der Waals surface area (Å²) in [6.07, 6.45) is 2.10. The fourth-order valence-electron chi connectivity index (χ4n) is 4.37. The average molecular weight is 713 g/mol. The molecule has 0 saturated heterocycles. The Morgan fingerprint density at radius 3 is 2.08 bits per heavy atom. The highest BCUT2D eigenvalue weighted by atomic mass is 79.9. The summed E-state index contributed by atoms with van der Waals surface area (Å²) in [5, 5.41) is 10.6. The molecule has 0 unspecified atom stereocenters. The predicted molar refractivity (Wildman–Crippen MR) is 160 cm³/mol. The van der Waals surface area contributed by atoms with Crippen molar-refractivity contribution < 1.29 is 31.2 Å². The van der Waals surface area contributed by atoms with E-state index >= 15 is 0 Å². The number of fused-ring (bicyclic) bond motifs is 1. The lowest BCUT2D eigenvalue weighted by molar-refractivity contribution is 0.103. The van der Waals surface area contributed by atoms with E-state index in [2.05, 4.69) is 31.9 Å². The van der Waals surface area contributed by atoms with E-state index in [1.807, 2.05) is 13.8 Å². The number of furan rings is 1. The van der Waals surface area contributed by atoms with E-state index in [4.69, 9.17) is 4.42 Å². The number of halogens is 2. The lowest BCUT2D eigenvalue weighted by Gasteiger charge is -2.22. The number of phenols is 1. The van der Waals surface area contributed by atoms with Crippen LogP contribution in [0, 0.1) is 0 Å². The Kier molecular flexibility index (Phi) is 8.96. The first-order valence-corrected chi connectivity index (χ1v) is 17.3. The van der Waals surface area contributed by atoms with Crippen molar-refractivity contribution in [1.82, 2.24) is 4.31 Å². The third kappa shape index (κ3) is 6.06. The molecule has 8 nitrogen and oxygen atoms in total. The van der Waals surface area contributed by atoms with Crippen LogP contribution in [0.15, 0.2) is 77.8 Å². The maximum Gasteiger partial charge on any atom is 0.243 e. The van der Waals surface area contributed by atoms with Crippen molar-refractivity contribution in [2.75, 3.05) is 12.8 Å². The topological polar surface area (TPSA) is 122 Å². The van der Waals surface area contributed by atoms with Gasteiger partial charge in [-0.2, -0.15) is 4.31 Å². The Balaban J connectivity index is 1.70. The summed E-state index contributed by atoms with van der Waals surface area (Å²) in [5.41, 5.74) is 1.90. The van der Waals surface area contributed by atoms with Gasteiger partial charge in [0.2, 0.25) is 10.0 Å². The van der Waals surface area contributed by atoms with Gasteiger partial charge in [-0.15, -0.1) is 0 Å². The van der Waals surface area contributed by atoms with Gasteiger partial charge in [-0.05, 0) is 86.3 Å². The fraction of sp³-hybridized carbons (Fsp3) is 0.250. The van der Waals surface area contributed by atoms with Crippen LogP contribution in [0.3, 0.4) is 0 Å². The Hall–Kier alpha value is -2.51. The first kappa shape index (κ1) is 30.4. The first-order valence-electron chi connectivity index (χ1n) is 12.3. The second-order valence-corrected chi connectivity index (χ2v) is 14.9. The molecule has 4 rings (SSSR count). The summed E-state index contributed by atoms with van der Waals surface area (Å²) in [6.45, 7) is 4.06. The maximum absolute atomic E-state index is 13.5. The molecule has 0 amide bonds. The number of hydrogen-bond acceptors (Lipinski definition) is 7. The molecule has 1 aromatic heterocycles. The van der Waals surface area contributed by atoms with Crippen molar-refractivity contribution in [1.29, 1.82) is 0 Å². The van der Waals surface area contributed by atoms with Gasteiger partial charge in [0.15, 0.2) is 15.6 Å². The molecule has 40 heavy (non-hydrogen) atoms. The number of carbonyl (C=O) groups excluding carboxylic acids is 1. The molecule has 0 saturated carbocycles. The highest BCUT2D eigenvalue weighted by molar-refractivity contribution is 9.11. The van der Waals surface area contributed by atoms with Gasteiger partial charge in [-0.3, -0.25) is 4.79 Å². The summed E-state index contributed by atoms with van der Waals surface area (Å²) >= 11 is 6.54. The van der Waals surface area contributed by atoms with Gasteiger partial charge >= 0.3 is 0 Å². The van der Waals surface area contributed by atoms with Crippen molar-refractivity contribution in [3.05, 3.63) is 86.0 Å². The predicted octanol–water partition coefficient (Wildman–Crippen LogP) is 6.46. The first-order chi connectivity index (χ1) is 18.8. The van der Waals surface area contributed by atoms with Crippen LogP contribution in [0.4, 0.5) is 0 Å². The molecule has 1 heterocycles. The number of ketones is 1. The zero-order valence-electron chi connectivity index (χ0n) is 21.9. The molecular formula is C28H27Br2NO7S2. The quantitative estimate of drug-likeness (QED) is 0.187. The normalized spacial score (nSPS) is 12.3. The number of aryl methyl sites for hydroxylation is 1. The summed E-state index contributed by atoms with van der Waals surface area (Å²) < 4.78 is 58.6. The second kappa shape index (κ2) is 11.8. The van der Waals surface area contributed by atoms with Crippen molar-refractivity contribution in [2.24, 2.45) is 0 Å². The largest absolute Gasteiger partial charge is 0.506 e. The lowest BCUT2D eigenvalue weighted by Crippen LogP contribution is -2.31. The van der Waals surface area contributed by atoms with Crippen LogP contribution in [0.5, 0.6) is 5.75 Å². The van der Waals surface area contributed by atoms with Crippen molar-refractivity contribution in [3.8, 4) is 5.75 Å². The smallest absolute Gasteiger partial charge is 0.243 e. The molecule has 0 aliphatic rings. The number of benzene rings is 3. The highest BCUT2D eigenvalue weighted by Crippen LogP contribution is 2.36. The number of rotatable bonds is 10. The number of phenolic OH excluding ortho intramolecular Hbond substituents is 1. The van der Waals surface area contributed by atoms with E-state index < -0.39 is 19.9 Å². The van der Waals surface area contributed by atoms with Gasteiger partial charge in [0.05, 0.1) is 24.3 Å². The molecule has 0 atom stereocenters. The molecule has 0 aliphatic carbocycles. The molecule has 0 aliphatic heterocycles. The number of nitrogens with zero attached hydrogens (tertiary/aromatic N) is 1. The summed E-state index contributed by atoms with van der Waals surface area (Å²) in [7, 11) is -7.38. The van der Waals surface area contributed by atoms with E-state index in [9.17, 15) is 26.7 Å². The van der Waals surface area contributed by atoms with Gasteiger partial charge in [-0.25, -0.2) is 16.8 Å². The van der Waals surface area contributed by atoms with Crippen LogP contribution in [0.25, 0.3) is 11.0 Å². The molecule has 3 aromatic carbocycles. The standard InChI is InChI=1S/C28H27Br2NO7S2/c1-4-12-31(40(36,37)20-9-7-19(8-10-20)39(3,34)35)16-17-6-11-21-25(13-17)38-24(5-2)26(21)27(32)18-14-22(29)28(33)23(30)15-18/h6-11,13-15,33H,4-5,12,16H2,1-3H3. The van der Waals surface area contributed by atoms with Crippen LogP contribution >= 0.6 is 31.9 Å². The molecule has 212 valence electrons. The number of sulfone groups is 1. The highest BCUT2D eigenvalue weighted by Gasteiger charge is 2.26. The summed E-state index contributed by atoms with van der Waals surface area (Å²) in [5.74, 6) is 0.228. The average Bonchev–Trinajstić information content (AvgIpc) is 3.28. The number of aromatic hydroxyl groups is 1. The zero-order valence-corrected chi connectivity index (χ0v) is 26.7. The van der Waals surface area contributed by atoms with Crippen LogP contribution in [-0.4, -0.2) is 44.8 Å². The second-order valence-electron chi connectivity index (χ2n) is 9.28. The Morgan fingerprint density at radius 2 is 1.52 bits per heavy atom. The molecule has 0 bridgehead atoms. The third-order valence-electron chi connectivity index (χ3n) is 6.38.